The van der Waals surface area contributed by atoms with Crippen LogP contribution in [0.25, 0.3) is 16.7 Å². The molecule has 0 radical (unpaired) electrons. The van der Waals surface area contributed by atoms with Gasteiger partial charge in [-0.3, -0.25) is 4.79 Å². The summed E-state index contributed by atoms with van der Waals surface area (Å²) < 4.78 is 15.4. The molecule has 2 aromatic heterocycles. The van der Waals surface area contributed by atoms with E-state index in [1.807, 2.05) is 30.7 Å². The fourth-order valence-electron chi connectivity index (χ4n) is 4.29. The fourth-order valence-corrected chi connectivity index (χ4v) is 4.29. The molecule has 1 aliphatic heterocycles. The lowest BCUT2D eigenvalue weighted by Gasteiger charge is -2.35. The van der Waals surface area contributed by atoms with E-state index in [2.05, 4.69) is 24.0 Å². The average molecular weight is 445 g/mol. The maximum absolute atomic E-state index is 13.5. The second-order valence-electron chi connectivity index (χ2n) is 8.42. The van der Waals surface area contributed by atoms with Gasteiger partial charge in [0.2, 0.25) is 0 Å². The molecule has 5 rings (SSSR count). The smallest absolute Gasteiger partial charge is 0.254 e. The lowest BCUT2D eigenvalue weighted by atomic mass is 10.1. The van der Waals surface area contributed by atoms with Crippen LogP contribution >= 0.6 is 0 Å². The molecule has 0 saturated carbocycles. The third kappa shape index (κ3) is 3.92. The summed E-state index contributed by atoms with van der Waals surface area (Å²) in [6.45, 7) is 8.23. The maximum Gasteiger partial charge on any atom is 0.254 e. The maximum atomic E-state index is 13.5. The number of hydrogen-bond acceptors (Lipinski definition) is 5. The number of nitrogens with zero attached hydrogens (tertiary/aromatic N) is 6. The van der Waals surface area contributed by atoms with Gasteiger partial charge in [-0.05, 0) is 51.1 Å². The van der Waals surface area contributed by atoms with Gasteiger partial charge in [-0.1, -0.05) is 23.8 Å². The Morgan fingerprint density at radius 2 is 1.67 bits per heavy atom. The minimum absolute atomic E-state index is 0.151. The molecule has 0 N–H and O–H groups in total. The standard InChI is InChI=1S/C25H25FN6O/c1-16-7-9-21(10-8-16)32-24-22(17(2)29-32)23(27-18(3)28-24)30-11-13-31(14-12-30)25(33)19-5-4-6-20(26)15-19/h4-10,15H,11-14H2,1-3H3. The highest BCUT2D eigenvalue weighted by Crippen LogP contribution is 2.29. The number of benzene rings is 2. The summed E-state index contributed by atoms with van der Waals surface area (Å²) in [5.74, 6) is 0.955. The van der Waals surface area contributed by atoms with Crippen molar-refractivity contribution in [3.63, 3.8) is 0 Å². The minimum atomic E-state index is -0.403. The van der Waals surface area contributed by atoms with Crippen molar-refractivity contribution in [1.82, 2.24) is 24.6 Å². The van der Waals surface area contributed by atoms with Gasteiger partial charge in [0.1, 0.15) is 17.5 Å². The first-order valence-corrected chi connectivity index (χ1v) is 11.0. The van der Waals surface area contributed by atoms with Crippen molar-refractivity contribution in [1.29, 1.82) is 0 Å². The van der Waals surface area contributed by atoms with Crippen molar-refractivity contribution in [2.45, 2.75) is 20.8 Å². The molecule has 0 spiro atoms. The van der Waals surface area contributed by atoms with Gasteiger partial charge in [0, 0.05) is 31.7 Å². The third-order valence-corrected chi connectivity index (χ3v) is 6.01. The van der Waals surface area contributed by atoms with Crippen LogP contribution in [0.15, 0.2) is 48.5 Å². The molecule has 2 aromatic carbocycles. The Labute approximate surface area is 191 Å². The van der Waals surface area contributed by atoms with Crippen molar-refractivity contribution < 1.29 is 9.18 Å². The second kappa shape index (κ2) is 8.27. The quantitative estimate of drug-likeness (QED) is 0.480. The Kier molecular flexibility index (Phi) is 5.28. The predicted octanol–water partition coefficient (Wildman–Crippen LogP) is 3.84. The number of anilines is 1. The topological polar surface area (TPSA) is 67.2 Å². The number of halogens is 1. The van der Waals surface area contributed by atoms with E-state index in [4.69, 9.17) is 15.1 Å². The third-order valence-electron chi connectivity index (χ3n) is 6.01. The minimum Gasteiger partial charge on any atom is -0.352 e. The second-order valence-corrected chi connectivity index (χ2v) is 8.42. The van der Waals surface area contributed by atoms with E-state index in [1.54, 1.807) is 17.0 Å². The van der Waals surface area contributed by atoms with Crippen molar-refractivity contribution in [3.8, 4) is 5.69 Å². The van der Waals surface area contributed by atoms with Crippen molar-refractivity contribution in [2.24, 2.45) is 0 Å². The number of carbonyl (C=O) groups excluding carboxylic acids is 1. The van der Waals surface area contributed by atoms with Crippen LogP contribution in [0.4, 0.5) is 10.2 Å². The Hall–Kier alpha value is -3.81. The number of fused-ring (bicyclic) bond motifs is 1. The molecule has 1 fully saturated rings. The Morgan fingerprint density at radius 3 is 2.36 bits per heavy atom. The Bertz CT molecular complexity index is 1340. The molecule has 0 aliphatic carbocycles. The number of piperazine rings is 1. The zero-order valence-electron chi connectivity index (χ0n) is 18.9. The fraction of sp³-hybridized carbons (Fsp3) is 0.280. The van der Waals surface area contributed by atoms with Crippen molar-refractivity contribution >= 4 is 22.8 Å². The largest absolute Gasteiger partial charge is 0.352 e. The summed E-state index contributed by atoms with van der Waals surface area (Å²) >= 11 is 0. The Morgan fingerprint density at radius 1 is 0.939 bits per heavy atom. The molecule has 33 heavy (non-hydrogen) atoms. The van der Waals surface area contributed by atoms with E-state index in [0.717, 1.165) is 28.2 Å². The molecule has 1 amide bonds. The Balaban J connectivity index is 1.44. The summed E-state index contributed by atoms with van der Waals surface area (Å²) in [6, 6.07) is 14.0. The highest BCUT2D eigenvalue weighted by Gasteiger charge is 2.26. The zero-order valence-corrected chi connectivity index (χ0v) is 18.9. The van der Waals surface area contributed by atoms with Crippen molar-refractivity contribution in [3.05, 3.63) is 77.0 Å². The van der Waals surface area contributed by atoms with Gasteiger partial charge >= 0.3 is 0 Å². The number of aromatic nitrogens is 4. The van der Waals surface area contributed by atoms with Crippen LogP contribution in [0, 0.1) is 26.6 Å². The van der Waals surface area contributed by atoms with Crippen molar-refractivity contribution in [2.75, 3.05) is 31.1 Å². The zero-order chi connectivity index (χ0) is 23.1. The normalized spacial score (nSPS) is 14.2. The van der Waals surface area contributed by atoms with Crippen LogP contribution in [-0.2, 0) is 0 Å². The van der Waals surface area contributed by atoms with Crippen LogP contribution in [0.2, 0.25) is 0 Å². The van der Waals surface area contributed by atoms with E-state index in [-0.39, 0.29) is 5.91 Å². The lowest BCUT2D eigenvalue weighted by Crippen LogP contribution is -2.49. The molecular formula is C25H25FN6O. The van der Waals surface area contributed by atoms with Gasteiger partial charge in [-0.15, -0.1) is 0 Å². The summed E-state index contributed by atoms with van der Waals surface area (Å²) in [7, 11) is 0. The van der Waals surface area contributed by atoms with Gasteiger partial charge < -0.3 is 9.80 Å². The lowest BCUT2D eigenvalue weighted by molar-refractivity contribution is 0.0746. The first kappa shape index (κ1) is 21.1. The molecule has 3 heterocycles. The molecule has 0 bridgehead atoms. The van der Waals surface area contributed by atoms with Gasteiger partial charge in [-0.2, -0.15) is 5.10 Å². The molecular weight excluding hydrogens is 419 g/mol. The monoisotopic (exact) mass is 444 g/mol. The van der Waals surface area contributed by atoms with E-state index < -0.39 is 5.82 Å². The molecule has 168 valence electrons. The first-order valence-electron chi connectivity index (χ1n) is 11.0. The molecule has 7 nitrogen and oxygen atoms in total. The van der Waals surface area contributed by atoms with Gasteiger partial charge in [0.25, 0.3) is 5.91 Å². The van der Waals surface area contributed by atoms with Gasteiger partial charge in [0.05, 0.1) is 16.8 Å². The molecule has 1 aliphatic rings. The molecule has 8 heteroatoms. The molecule has 0 unspecified atom stereocenters. The van der Waals surface area contributed by atoms with E-state index in [1.165, 1.54) is 17.7 Å². The van der Waals surface area contributed by atoms with Crippen LogP contribution in [0.1, 0.15) is 27.4 Å². The van der Waals surface area contributed by atoms with E-state index >= 15 is 0 Å². The number of hydrogen-bond donors (Lipinski definition) is 0. The summed E-state index contributed by atoms with van der Waals surface area (Å²) in [5.41, 5.74) is 4.15. The number of amides is 1. The predicted molar refractivity (Wildman–Crippen MR) is 125 cm³/mol. The molecule has 4 aromatic rings. The summed E-state index contributed by atoms with van der Waals surface area (Å²) in [5, 5.41) is 5.69. The van der Waals surface area contributed by atoms with Crippen LogP contribution in [0.5, 0.6) is 0 Å². The molecule has 1 saturated heterocycles. The first-order chi connectivity index (χ1) is 15.9. The van der Waals surface area contributed by atoms with Gasteiger partial charge in [-0.25, -0.2) is 19.0 Å². The van der Waals surface area contributed by atoms with E-state index in [0.29, 0.717) is 37.6 Å². The number of aryl methyl sites for hydroxylation is 3. The SMILES string of the molecule is Cc1ccc(-n2nc(C)c3c(N4CCN(C(=O)c5cccc(F)c5)CC4)nc(C)nc32)cc1. The van der Waals surface area contributed by atoms with Crippen LogP contribution < -0.4 is 4.90 Å². The summed E-state index contributed by atoms with van der Waals surface area (Å²) in [6.07, 6.45) is 0. The van der Waals surface area contributed by atoms with Crippen LogP contribution in [0.3, 0.4) is 0 Å². The van der Waals surface area contributed by atoms with E-state index in [9.17, 15) is 9.18 Å². The number of carbonyl (C=O) groups is 1. The highest BCUT2D eigenvalue weighted by atomic mass is 19.1. The molecule has 0 atom stereocenters. The highest BCUT2D eigenvalue weighted by molar-refractivity contribution is 5.95. The average Bonchev–Trinajstić information content (AvgIpc) is 3.14. The number of rotatable bonds is 3. The summed E-state index contributed by atoms with van der Waals surface area (Å²) in [4.78, 5) is 26.2. The van der Waals surface area contributed by atoms with Crippen LogP contribution in [-0.4, -0.2) is 56.7 Å². The van der Waals surface area contributed by atoms with Gasteiger partial charge in [0.15, 0.2) is 5.65 Å².